The minimum Gasteiger partial charge on any atom is -0.369 e. The highest BCUT2D eigenvalue weighted by Gasteiger charge is 2.19. The van der Waals surface area contributed by atoms with Crippen LogP contribution >= 0.6 is 39.3 Å². The van der Waals surface area contributed by atoms with E-state index in [1.54, 1.807) is 0 Å². The van der Waals surface area contributed by atoms with Crippen LogP contribution in [-0.4, -0.2) is 24.1 Å². The van der Waals surface area contributed by atoms with Gasteiger partial charge in [-0.05, 0) is 17.7 Å². The summed E-state index contributed by atoms with van der Waals surface area (Å²) >= 11 is 11.6. The highest BCUT2D eigenvalue weighted by Crippen LogP contribution is 2.30. The van der Waals surface area contributed by atoms with Gasteiger partial charge in [-0.2, -0.15) is 11.8 Å². The highest BCUT2D eigenvalue weighted by molar-refractivity contribution is 9.10. The third kappa shape index (κ3) is 2.88. The van der Waals surface area contributed by atoms with Crippen LogP contribution in [0.1, 0.15) is 12.5 Å². The van der Waals surface area contributed by atoms with Gasteiger partial charge in [-0.1, -0.05) is 28.9 Å². The van der Waals surface area contributed by atoms with Gasteiger partial charge < -0.3 is 4.90 Å². The molecule has 2 rings (SSSR count). The van der Waals surface area contributed by atoms with Crippen molar-refractivity contribution in [1.29, 1.82) is 0 Å². The van der Waals surface area contributed by atoms with Gasteiger partial charge in [0.05, 0.1) is 0 Å². The number of hydrogen-bond acceptors (Lipinski definition) is 2. The number of thioether (sulfide) groups is 1. The lowest BCUT2D eigenvalue weighted by molar-refractivity contribution is 0.779. The Bertz CT molecular complexity index is 372. The van der Waals surface area contributed by atoms with Crippen molar-refractivity contribution in [2.24, 2.45) is 0 Å². The topological polar surface area (TPSA) is 3.24 Å². The molecule has 0 radical (unpaired) electrons. The van der Waals surface area contributed by atoms with Gasteiger partial charge in [-0.3, -0.25) is 0 Å². The van der Waals surface area contributed by atoms with Crippen molar-refractivity contribution >= 4 is 45.0 Å². The molecule has 16 heavy (non-hydrogen) atoms. The summed E-state index contributed by atoms with van der Waals surface area (Å²) in [6.45, 7) is 4.52. The Labute approximate surface area is 115 Å². The fourth-order valence-corrected chi connectivity index (χ4v) is 3.57. The van der Waals surface area contributed by atoms with Crippen LogP contribution in [0.5, 0.6) is 0 Å². The van der Waals surface area contributed by atoms with Crippen molar-refractivity contribution in [2.75, 3.05) is 23.7 Å². The van der Waals surface area contributed by atoms with Crippen LogP contribution in [0.25, 0.3) is 0 Å². The molecule has 0 saturated carbocycles. The van der Waals surface area contributed by atoms with E-state index in [2.05, 4.69) is 46.0 Å². The summed E-state index contributed by atoms with van der Waals surface area (Å²) in [4.78, 5) is 2.45. The van der Waals surface area contributed by atoms with E-state index in [1.807, 2.05) is 11.8 Å². The van der Waals surface area contributed by atoms with Gasteiger partial charge in [0, 0.05) is 40.1 Å². The van der Waals surface area contributed by atoms with Gasteiger partial charge in [-0.15, -0.1) is 11.6 Å². The average Bonchev–Trinajstić information content (AvgIpc) is 2.29. The van der Waals surface area contributed by atoms with Crippen molar-refractivity contribution < 1.29 is 0 Å². The summed E-state index contributed by atoms with van der Waals surface area (Å²) in [7, 11) is 0. The number of halogens is 2. The van der Waals surface area contributed by atoms with Gasteiger partial charge in [0.25, 0.3) is 0 Å². The first kappa shape index (κ1) is 12.6. The summed E-state index contributed by atoms with van der Waals surface area (Å²) in [5.41, 5.74) is 2.51. The number of rotatable bonds is 2. The Kier molecular flexibility index (Phi) is 4.45. The van der Waals surface area contributed by atoms with Crippen LogP contribution in [0.3, 0.4) is 0 Å². The van der Waals surface area contributed by atoms with E-state index < -0.39 is 0 Å². The fourth-order valence-electron chi connectivity index (χ4n) is 1.98. The second-order valence-electron chi connectivity index (χ2n) is 4.03. The molecule has 0 aliphatic carbocycles. The van der Waals surface area contributed by atoms with Crippen LogP contribution in [-0.2, 0) is 5.88 Å². The highest BCUT2D eigenvalue weighted by atomic mass is 79.9. The van der Waals surface area contributed by atoms with Crippen molar-refractivity contribution in [2.45, 2.75) is 18.1 Å². The van der Waals surface area contributed by atoms with Crippen molar-refractivity contribution in [3.8, 4) is 0 Å². The zero-order chi connectivity index (χ0) is 11.5. The predicted octanol–water partition coefficient (Wildman–Crippen LogP) is 4.13. The number of benzene rings is 1. The summed E-state index contributed by atoms with van der Waals surface area (Å²) in [5, 5.41) is 0.705. The zero-order valence-corrected chi connectivity index (χ0v) is 12.4. The fraction of sp³-hybridized carbons (Fsp3) is 0.500. The third-order valence-corrected chi connectivity index (χ3v) is 4.69. The van der Waals surface area contributed by atoms with E-state index >= 15 is 0 Å². The molecular formula is C12H15BrClNS. The number of hydrogen-bond donors (Lipinski definition) is 0. The molecule has 0 N–H and O–H groups in total. The lowest BCUT2D eigenvalue weighted by Crippen LogP contribution is -2.37. The minimum absolute atomic E-state index is 0.584. The van der Waals surface area contributed by atoms with Crippen LogP contribution in [0.2, 0.25) is 0 Å². The second kappa shape index (κ2) is 5.65. The third-order valence-electron chi connectivity index (χ3n) is 2.77. The van der Waals surface area contributed by atoms with Gasteiger partial charge in [0.2, 0.25) is 0 Å². The quantitative estimate of drug-likeness (QED) is 0.754. The Morgan fingerprint density at radius 2 is 2.38 bits per heavy atom. The van der Waals surface area contributed by atoms with E-state index in [4.69, 9.17) is 11.6 Å². The van der Waals surface area contributed by atoms with Crippen molar-refractivity contribution in [3.63, 3.8) is 0 Å². The molecule has 0 spiro atoms. The van der Waals surface area contributed by atoms with Crippen molar-refractivity contribution in [1.82, 2.24) is 0 Å². The number of nitrogens with zero attached hydrogens (tertiary/aromatic N) is 1. The first-order valence-electron chi connectivity index (χ1n) is 5.41. The molecule has 1 saturated heterocycles. The van der Waals surface area contributed by atoms with Gasteiger partial charge >= 0.3 is 0 Å². The number of alkyl halides is 1. The van der Waals surface area contributed by atoms with E-state index in [-0.39, 0.29) is 0 Å². The predicted molar refractivity (Wildman–Crippen MR) is 77.8 cm³/mol. The Balaban J connectivity index is 2.26. The molecule has 4 heteroatoms. The molecule has 0 bridgehead atoms. The van der Waals surface area contributed by atoms with E-state index in [9.17, 15) is 0 Å². The normalized spacial score (nSPS) is 21.2. The maximum absolute atomic E-state index is 5.99. The molecule has 1 aromatic carbocycles. The molecule has 1 heterocycles. The minimum atomic E-state index is 0.584. The van der Waals surface area contributed by atoms with Crippen LogP contribution in [0.4, 0.5) is 5.69 Å². The van der Waals surface area contributed by atoms with E-state index in [1.165, 1.54) is 17.0 Å². The maximum Gasteiger partial charge on any atom is 0.0494 e. The molecule has 88 valence electrons. The number of anilines is 1. The standard InChI is InChI=1S/C12H15BrClNS/c1-9-8-15(4-5-16-9)12-6-11(13)3-2-10(12)7-14/h2-3,6,9H,4-5,7-8H2,1H3. The Morgan fingerprint density at radius 3 is 3.06 bits per heavy atom. The molecule has 1 nitrogen and oxygen atoms in total. The maximum atomic E-state index is 5.99. The summed E-state index contributed by atoms with van der Waals surface area (Å²) < 4.78 is 1.13. The van der Waals surface area contributed by atoms with Crippen LogP contribution < -0.4 is 4.90 Å². The lowest BCUT2D eigenvalue weighted by atomic mass is 10.1. The SMILES string of the molecule is CC1CN(c2cc(Br)ccc2CCl)CCS1. The van der Waals surface area contributed by atoms with Gasteiger partial charge in [0.15, 0.2) is 0 Å². The van der Waals surface area contributed by atoms with Crippen LogP contribution in [0, 0.1) is 0 Å². The monoisotopic (exact) mass is 319 g/mol. The molecule has 0 amide bonds. The summed E-state index contributed by atoms with van der Waals surface area (Å²) in [5.74, 6) is 1.79. The molecule has 1 aliphatic heterocycles. The Hall–Kier alpha value is 0.140. The molecule has 1 atom stereocenters. The molecule has 1 unspecified atom stereocenters. The average molecular weight is 321 g/mol. The Morgan fingerprint density at radius 1 is 1.56 bits per heavy atom. The first-order chi connectivity index (χ1) is 7.70. The first-order valence-corrected chi connectivity index (χ1v) is 7.79. The summed E-state index contributed by atoms with van der Waals surface area (Å²) in [6.07, 6.45) is 0. The van der Waals surface area contributed by atoms with Gasteiger partial charge in [-0.25, -0.2) is 0 Å². The smallest absolute Gasteiger partial charge is 0.0494 e. The largest absolute Gasteiger partial charge is 0.369 e. The molecule has 1 aromatic rings. The van der Waals surface area contributed by atoms with E-state index in [0.29, 0.717) is 11.1 Å². The van der Waals surface area contributed by atoms with Gasteiger partial charge in [0.1, 0.15) is 0 Å². The molecule has 0 aromatic heterocycles. The zero-order valence-electron chi connectivity index (χ0n) is 9.25. The van der Waals surface area contributed by atoms with Crippen LogP contribution in [0.15, 0.2) is 22.7 Å². The van der Waals surface area contributed by atoms with Crippen molar-refractivity contribution in [3.05, 3.63) is 28.2 Å². The van der Waals surface area contributed by atoms with E-state index in [0.717, 1.165) is 17.6 Å². The second-order valence-corrected chi connectivity index (χ2v) is 6.76. The molecule has 1 aliphatic rings. The lowest BCUT2D eigenvalue weighted by Gasteiger charge is -2.33. The molecular weight excluding hydrogens is 306 g/mol. The summed E-state index contributed by atoms with van der Waals surface area (Å²) in [6, 6.07) is 6.35. The molecule has 1 fully saturated rings.